The van der Waals surface area contributed by atoms with E-state index in [-0.39, 0.29) is 11.5 Å². The molecule has 0 aromatic heterocycles. The average molecular weight is 275 g/mol. The fourth-order valence-electron chi connectivity index (χ4n) is 1.60. The van der Waals surface area contributed by atoms with Crippen LogP contribution >= 0.6 is 0 Å². The number of carbonyl (C=O) groups is 2. The maximum absolute atomic E-state index is 11.9. The van der Waals surface area contributed by atoms with Gasteiger partial charge in [-0.2, -0.15) is 0 Å². The minimum atomic E-state index is -1.15. The maximum Gasteiger partial charge on any atom is 0.352 e. The molecular formula is C16H21NO3. The normalized spacial score (nSPS) is 12.2. The molecule has 0 aliphatic rings. The predicted molar refractivity (Wildman–Crippen MR) is 79.7 cm³/mol. The summed E-state index contributed by atoms with van der Waals surface area (Å²) in [5, 5.41) is 12.0. The summed E-state index contributed by atoms with van der Waals surface area (Å²) in [7, 11) is 0. The number of ketones is 1. The Morgan fingerprint density at radius 1 is 1.20 bits per heavy atom. The van der Waals surface area contributed by atoms with Crippen molar-refractivity contribution in [1.29, 1.82) is 0 Å². The van der Waals surface area contributed by atoms with Gasteiger partial charge in [-0.05, 0) is 25.5 Å². The van der Waals surface area contributed by atoms with Crippen LogP contribution in [-0.2, 0) is 9.59 Å². The highest BCUT2D eigenvalue weighted by molar-refractivity contribution is 6.02. The Morgan fingerprint density at radius 2 is 1.80 bits per heavy atom. The fraction of sp³-hybridized carbons (Fsp3) is 0.375. The van der Waals surface area contributed by atoms with Gasteiger partial charge in [-0.15, -0.1) is 0 Å². The van der Waals surface area contributed by atoms with Crippen molar-refractivity contribution in [3.05, 3.63) is 41.1 Å². The lowest BCUT2D eigenvalue weighted by Gasteiger charge is -2.15. The van der Waals surface area contributed by atoms with Crippen LogP contribution in [0.2, 0.25) is 0 Å². The molecule has 0 fully saturated rings. The van der Waals surface area contributed by atoms with E-state index in [4.69, 9.17) is 0 Å². The molecule has 1 rings (SSSR count). The second-order valence-electron chi connectivity index (χ2n) is 5.92. The van der Waals surface area contributed by atoms with E-state index in [1.54, 1.807) is 20.8 Å². The first-order chi connectivity index (χ1) is 9.11. The summed E-state index contributed by atoms with van der Waals surface area (Å²) in [6.07, 6.45) is 1.15. The van der Waals surface area contributed by atoms with E-state index < -0.39 is 11.4 Å². The van der Waals surface area contributed by atoms with Gasteiger partial charge in [-0.25, -0.2) is 4.79 Å². The molecule has 0 radical (unpaired) electrons. The highest BCUT2D eigenvalue weighted by Gasteiger charge is 2.21. The van der Waals surface area contributed by atoms with E-state index in [1.807, 2.05) is 32.0 Å². The van der Waals surface area contributed by atoms with Crippen molar-refractivity contribution in [2.45, 2.75) is 34.6 Å². The van der Waals surface area contributed by atoms with Crippen molar-refractivity contribution in [1.82, 2.24) is 0 Å². The molecule has 20 heavy (non-hydrogen) atoms. The van der Waals surface area contributed by atoms with Crippen LogP contribution in [0.1, 0.15) is 31.9 Å². The van der Waals surface area contributed by atoms with Gasteiger partial charge in [0.05, 0.1) is 0 Å². The Hall–Kier alpha value is -2.10. The van der Waals surface area contributed by atoms with Crippen LogP contribution in [0.15, 0.2) is 30.0 Å². The van der Waals surface area contributed by atoms with Crippen molar-refractivity contribution >= 4 is 17.4 Å². The molecule has 0 aliphatic heterocycles. The zero-order chi connectivity index (χ0) is 15.5. The van der Waals surface area contributed by atoms with Gasteiger partial charge in [0.15, 0.2) is 5.78 Å². The van der Waals surface area contributed by atoms with Gasteiger partial charge in [-0.3, -0.25) is 4.79 Å². The lowest BCUT2D eigenvalue weighted by atomic mass is 9.90. The molecule has 4 nitrogen and oxygen atoms in total. The predicted octanol–water partition coefficient (Wildman–Crippen LogP) is 3.30. The van der Waals surface area contributed by atoms with E-state index in [9.17, 15) is 14.7 Å². The third-order valence-electron chi connectivity index (χ3n) is 2.90. The van der Waals surface area contributed by atoms with E-state index in [2.05, 4.69) is 5.32 Å². The first kappa shape index (κ1) is 16.0. The number of carbonyl (C=O) groups excluding carboxylic acids is 1. The molecule has 0 unspecified atom stereocenters. The van der Waals surface area contributed by atoms with Crippen LogP contribution in [0.5, 0.6) is 0 Å². The summed E-state index contributed by atoms with van der Waals surface area (Å²) in [6.45, 7) is 9.11. The van der Waals surface area contributed by atoms with Crippen molar-refractivity contribution in [3.63, 3.8) is 0 Å². The standard InChI is InChI=1S/C16H21NO3/c1-10-6-7-12(11(2)8-10)17-13(15(19)20)9-14(18)16(3,4)5/h6-9,17H,1-5H3,(H,19,20)/b13-9+. The van der Waals surface area contributed by atoms with Crippen LogP contribution < -0.4 is 5.32 Å². The minimum Gasteiger partial charge on any atom is -0.477 e. The molecule has 0 atom stereocenters. The second-order valence-corrected chi connectivity index (χ2v) is 5.92. The summed E-state index contributed by atoms with van der Waals surface area (Å²) in [6, 6.07) is 5.65. The Labute approximate surface area is 119 Å². The molecule has 1 aromatic rings. The quantitative estimate of drug-likeness (QED) is 0.827. The Kier molecular flexibility index (Phi) is 4.71. The van der Waals surface area contributed by atoms with Crippen LogP contribution in [0.25, 0.3) is 0 Å². The number of nitrogens with one attached hydrogen (secondary N) is 1. The van der Waals surface area contributed by atoms with Gasteiger partial charge in [-0.1, -0.05) is 38.5 Å². The van der Waals surface area contributed by atoms with Gasteiger partial charge in [0.2, 0.25) is 0 Å². The van der Waals surface area contributed by atoms with Crippen molar-refractivity contribution in [2.75, 3.05) is 5.32 Å². The Morgan fingerprint density at radius 3 is 2.25 bits per heavy atom. The molecule has 4 heteroatoms. The Bertz CT molecular complexity index is 566. The van der Waals surface area contributed by atoms with Gasteiger partial charge < -0.3 is 10.4 Å². The molecule has 0 saturated heterocycles. The van der Waals surface area contributed by atoms with Crippen LogP contribution in [0.3, 0.4) is 0 Å². The van der Waals surface area contributed by atoms with Crippen LogP contribution in [-0.4, -0.2) is 16.9 Å². The molecule has 2 N–H and O–H groups in total. The largest absolute Gasteiger partial charge is 0.477 e. The number of hydrogen-bond donors (Lipinski definition) is 2. The number of allylic oxidation sites excluding steroid dienone is 1. The Balaban J connectivity index is 3.08. The number of hydrogen-bond acceptors (Lipinski definition) is 3. The summed E-state index contributed by atoms with van der Waals surface area (Å²) in [5.74, 6) is -1.38. The number of carboxylic acids is 1. The molecule has 0 spiro atoms. The zero-order valence-corrected chi connectivity index (χ0v) is 12.6. The second kappa shape index (κ2) is 5.90. The number of rotatable bonds is 4. The monoisotopic (exact) mass is 275 g/mol. The highest BCUT2D eigenvalue weighted by Crippen LogP contribution is 2.20. The van der Waals surface area contributed by atoms with E-state index >= 15 is 0 Å². The van der Waals surface area contributed by atoms with Crippen molar-refractivity contribution < 1.29 is 14.7 Å². The third-order valence-corrected chi connectivity index (χ3v) is 2.90. The lowest BCUT2D eigenvalue weighted by Crippen LogP contribution is -2.21. The number of carboxylic acid groups (broad SMARTS) is 1. The molecule has 0 saturated carbocycles. The molecule has 0 amide bonds. The molecular weight excluding hydrogens is 254 g/mol. The van der Waals surface area contributed by atoms with Gasteiger partial charge in [0, 0.05) is 17.2 Å². The van der Waals surface area contributed by atoms with Gasteiger partial charge in [0.25, 0.3) is 0 Å². The topological polar surface area (TPSA) is 66.4 Å². The molecule has 0 heterocycles. The van der Waals surface area contributed by atoms with Gasteiger partial charge >= 0.3 is 5.97 Å². The summed E-state index contributed by atoms with van der Waals surface area (Å²) < 4.78 is 0. The van der Waals surface area contributed by atoms with Crippen LogP contribution in [0, 0.1) is 19.3 Å². The number of aliphatic carboxylic acids is 1. The maximum atomic E-state index is 11.9. The van der Waals surface area contributed by atoms with E-state index in [0.717, 1.165) is 17.2 Å². The number of benzene rings is 1. The average Bonchev–Trinajstić information content (AvgIpc) is 2.29. The molecule has 108 valence electrons. The van der Waals surface area contributed by atoms with Crippen molar-refractivity contribution in [2.24, 2.45) is 5.41 Å². The highest BCUT2D eigenvalue weighted by atomic mass is 16.4. The van der Waals surface area contributed by atoms with Crippen molar-refractivity contribution in [3.8, 4) is 0 Å². The third kappa shape index (κ3) is 4.23. The lowest BCUT2D eigenvalue weighted by molar-refractivity contribution is -0.133. The zero-order valence-electron chi connectivity index (χ0n) is 12.6. The number of anilines is 1. The van der Waals surface area contributed by atoms with E-state index in [0.29, 0.717) is 5.69 Å². The molecule has 0 bridgehead atoms. The first-order valence-electron chi connectivity index (χ1n) is 6.45. The van der Waals surface area contributed by atoms with E-state index in [1.165, 1.54) is 0 Å². The van der Waals surface area contributed by atoms with Gasteiger partial charge in [0.1, 0.15) is 5.70 Å². The minimum absolute atomic E-state index is 0.114. The van der Waals surface area contributed by atoms with Crippen LogP contribution in [0.4, 0.5) is 5.69 Å². The molecule has 0 aliphatic carbocycles. The SMILES string of the molecule is Cc1ccc(N/C(=C/C(=O)C(C)(C)C)C(=O)O)c(C)c1. The summed E-state index contributed by atoms with van der Waals surface area (Å²) in [4.78, 5) is 23.2. The molecule has 1 aromatic carbocycles. The fourth-order valence-corrected chi connectivity index (χ4v) is 1.60. The summed E-state index contributed by atoms with van der Waals surface area (Å²) >= 11 is 0. The smallest absolute Gasteiger partial charge is 0.352 e. The number of aryl methyl sites for hydroxylation is 2. The summed E-state index contributed by atoms with van der Waals surface area (Å²) in [5.41, 5.74) is 1.99. The first-order valence-corrected chi connectivity index (χ1v) is 6.45.